The molecule has 1 nitrogen and oxygen atoms in total. The van der Waals surface area contributed by atoms with Gasteiger partial charge in [-0.25, -0.2) is 0 Å². The van der Waals surface area contributed by atoms with Gasteiger partial charge in [-0.05, 0) is 29.5 Å². The van der Waals surface area contributed by atoms with Gasteiger partial charge in [-0.1, -0.05) is 61.5 Å². The Labute approximate surface area is 109 Å². The van der Waals surface area contributed by atoms with Crippen molar-refractivity contribution in [3.8, 4) is 0 Å². The molecule has 0 bridgehead atoms. The van der Waals surface area contributed by atoms with E-state index in [1.165, 1.54) is 16.7 Å². The van der Waals surface area contributed by atoms with Gasteiger partial charge in [0.2, 0.25) is 0 Å². The second-order valence-electron chi connectivity index (χ2n) is 4.81. The average Bonchev–Trinajstić information content (AvgIpc) is 2.46. The quantitative estimate of drug-likeness (QED) is 0.847. The van der Waals surface area contributed by atoms with E-state index in [2.05, 4.69) is 54.6 Å². The summed E-state index contributed by atoms with van der Waals surface area (Å²) < 4.78 is 0. The zero-order chi connectivity index (χ0) is 12.8. The summed E-state index contributed by atoms with van der Waals surface area (Å²) in [5.41, 5.74) is 3.94. The minimum atomic E-state index is 0.212. The molecule has 0 heterocycles. The molecule has 0 saturated heterocycles. The molecule has 0 spiro atoms. The molecule has 2 rings (SSSR count). The third-order valence-corrected chi connectivity index (χ3v) is 3.37. The normalized spacial score (nSPS) is 12.3. The Bertz CT molecular complexity index is 459. The molecule has 0 aliphatic rings. The maximum atomic E-state index is 9.11. The van der Waals surface area contributed by atoms with E-state index in [0.717, 1.165) is 12.8 Å². The largest absolute Gasteiger partial charge is 0.396 e. The van der Waals surface area contributed by atoms with Crippen LogP contribution >= 0.6 is 0 Å². The van der Waals surface area contributed by atoms with Crippen molar-refractivity contribution in [2.45, 2.75) is 25.7 Å². The van der Waals surface area contributed by atoms with Crippen molar-refractivity contribution in [3.63, 3.8) is 0 Å². The summed E-state index contributed by atoms with van der Waals surface area (Å²) in [6.07, 6.45) is 2.15. The second kappa shape index (κ2) is 6.36. The monoisotopic (exact) mass is 240 g/mol. The van der Waals surface area contributed by atoms with Crippen LogP contribution in [0.15, 0.2) is 54.6 Å². The molecule has 0 aliphatic carbocycles. The third kappa shape index (κ3) is 3.44. The summed E-state index contributed by atoms with van der Waals surface area (Å²) in [5, 5.41) is 9.11. The molecule has 1 unspecified atom stereocenters. The lowest BCUT2D eigenvalue weighted by Gasteiger charge is -2.09. The zero-order valence-corrected chi connectivity index (χ0v) is 10.8. The number of rotatable bonds is 5. The van der Waals surface area contributed by atoms with E-state index in [1.54, 1.807) is 0 Å². The van der Waals surface area contributed by atoms with Crippen molar-refractivity contribution in [2.75, 3.05) is 6.61 Å². The van der Waals surface area contributed by atoms with Gasteiger partial charge in [-0.15, -0.1) is 0 Å². The summed E-state index contributed by atoms with van der Waals surface area (Å²) >= 11 is 0. The lowest BCUT2D eigenvalue weighted by atomic mass is 9.98. The summed E-state index contributed by atoms with van der Waals surface area (Å²) in [5.74, 6) is 0.230. The van der Waals surface area contributed by atoms with Crippen molar-refractivity contribution in [1.82, 2.24) is 0 Å². The van der Waals surface area contributed by atoms with Gasteiger partial charge in [-0.3, -0.25) is 0 Å². The average molecular weight is 240 g/mol. The predicted octanol–water partition coefficient (Wildman–Crippen LogP) is 3.57. The Balaban J connectivity index is 1.94. The summed E-state index contributed by atoms with van der Waals surface area (Å²) in [6, 6.07) is 19.2. The van der Waals surface area contributed by atoms with E-state index in [1.807, 2.05) is 6.92 Å². The molecule has 18 heavy (non-hydrogen) atoms. The van der Waals surface area contributed by atoms with Crippen LogP contribution in [0.5, 0.6) is 0 Å². The molecule has 0 radical (unpaired) electrons. The second-order valence-corrected chi connectivity index (χ2v) is 4.81. The van der Waals surface area contributed by atoms with E-state index >= 15 is 0 Å². The number of benzene rings is 2. The van der Waals surface area contributed by atoms with Crippen LogP contribution in [-0.2, 0) is 12.8 Å². The fourth-order valence-electron chi connectivity index (χ4n) is 2.05. The smallest absolute Gasteiger partial charge is 0.0497 e. The number of hydrogen-bond acceptors (Lipinski definition) is 1. The molecule has 1 N–H and O–H groups in total. The summed E-state index contributed by atoms with van der Waals surface area (Å²) in [4.78, 5) is 0. The predicted molar refractivity (Wildman–Crippen MR) is 75.8 cm³/mol. The summed E-state index contributed by atoms with van der Waals surface area (Å²) in [6.45, 7) is 2.25. The van der Waals surface area contributed by atoms with Crippen molar-refractivity contribution in [3.05, 3.63) is 71.3 Å². The number of hydrogen-bond donors (Lipinski definition) is 1. The van der Waals surface area contributed by atoms with Crippen LogP contribution in [0, 0.1) is 0 Å². The molecule has 0 aromatic heterocycles. The maximum Gasteiger partial charge on any atom is 0.0497 e. The molecule has 2 aromatic carbocycles. The van der Waals surface area contributed by atoms with Crippen molar-refractivity contribution >= 4 is 0 Å². The minimum absolute atomic E-state index is 0.212. The van der Waals surface area contributed by atoms with Crippen LogP contribution in [0.2, 0.25) is 0 Å². The molecule has 2 aromatic rings. The molecule has 1 heteroatoms. The topological polar surface area (TPSA) is 20.2 Å². The fourth-order valence-corrected chi connectivity index (χ4v) is 2.05. The van der Waals surface area contributed by atoms with Crippen LogP contribution < -0.4 is 0 Å². The van der Waals surface area contributed by atoms with Gasteiger partial charge in [0, 0.05) is 12.5 Å². The number of aliphatic hydroxyl groups excluding tert-OH is 1. The first-order chi connectivity index (χ1) is 8.79. The maximum absolute atomic E-state index is 9.11. The SMILES string of the molecule is CC(CO)c1ccc(CCc2ccccc2)cc1. The first kappa shape index (κ1) is 12.8. The molecule has 1 atom stereocenters. The van der Waals surface area contributed by atoms with Gasteiger partial charge in [0.15, 0.2) is 0 Å². The highest BCUT2D eigenvalue weighted by Crippen LogP contribution is 2.16. The van der Waals surface area contributed by atoms with Crippen molar-refractivity contribution < 1.29 is 5.11 Å². The van der Waals surface area contributed by atoms with Gasteiger partial charge in [0.1, 0.15) is 0 Å². The third-order valence-electron chi connectivity index (χ3n) is 3.37. The van der Waals surface area contributed by atoms with E-state index in [0.29, 0.717) is 0 Å². The lowest BCUT2D eigenvalue weighted by Crippen LogP contribution is -1.99. The first-order valence-corrected chi connectivity index (χ1v) is 6.53. The number of aliphatic hydroxyl groups is 1. The zero-order valence-electron chi connectivity index (χ0n) is 10.8. The van der Waals surface area contributed by atoms with Gasteiger partial charge in [0.05, 0.1) is 0 Å². The van der Waals surface area contributed by atoms with Crippen LogP contribution in [0.1, 0.15) is 29.5 Å². The molecular weight excluding hydrogens is 220 g/mol. The molecule has 0 aliphatic heterocycles. The molecule has 0 amide bonds. The van der Waals surface area contributed by atoms with E-state index < -0.39 is 0 Å². The van der Waals surface area contributed by atoms with Crippen molar-refractivity contribution in [1.29, 1.82) is 0 Å². The van der Waals surface area contributed by atoms with Crippen molar-refractivity contribution in [2.24, 2.45) is 0 Å². The molecule has 94 valence electrons. The van der Waals surface area contributed by atoms with Crippen LogP contribution in [0.3, 0.4) is 0 Å². The van der Waals surface area contributed by atoms with Crippen LogP contribution in [0.4, 0.5) is 0 Å². The van der Waals surface area contributed by atoms with E-state index in [-0.39, 0.29) is 12.5 Å². The first-order valence-electron chi connectivity index (χ1n) is 6.53. The Morgan fingerprint density at radius 1 is 0.833 bits per heavy atom. The summed E-state index contributed by atoms with van der Waals surface area (Å²) in [7, 11) is 0. The van der Waals surface area contributed by atoms with Gasteiger partial charge in [-0.2, -0.15) is 0 Å². The molecular formula is C17H20O. The van der Waals surface area contributed by atoms with Gasteiger partial charge in [0.25, 0.3) is 0 Å². The number of aryl methyl sites for hydroxylation is 2. The van der Waals surface area contributed by atoms with Crippen LogP contribution in [-0.4, -0.2) is 11.7 Å². The Kier molecular flexibility index (Phi) is 4.54. The van der Waals surface area contributed by atoms with Crippen LogP contribution in [0.25, 0.3) is 0 Å². The highest BCUT2D eigenvalue weighted by atomic mass is 16.3. The fraction of sp³-hybridized carbons (Fsp3) is 0.294. The Hall–Kier alpha value is -1.60. The highest BCUT2D eigenvalue weighted by Gasteiger charge is 2.03. The molecule has 0 fully saturated rings. The molecule has 0 saturated carbocycles. The Morgan fingerprint density at radius 3 is 1.94 bits per heavy atom. The van der Waals surface area contributed by atoms with E-state index in [4.69, 9.17) is 5.11 Å². The minimum Gasteiger partial charge on any atom is -0.396 e. The highest BCUT2D eigenvalue weighted by molar-refractivity contribution is 5.26. The lowest BCUT2D eigenvalue weighted by molar-refractivity contribution is 0.273. The van der Waals surface area contributed by atoms with Gasteiger partial charge < -0.3 is 5.11 Å². The van der Waals surface area contributed by atoms with Gasteiger partial charge >= 0.3 is 0 Å². The Morgan fingerprint density at radius 2 is 1.39 bits per heavy atom. The van der Waals surface area contributed by atoms with E-state index in [9.17, 15) is 0 Å². The standard InChI is InChI=1S/C17H20O/c1-14(13-18)17-11-9-16(10-12-17)8-7-15-5-3-2-4-6-15/h2-6,9-12,14,18H,7-8,13H2,1H3.